The fourth-order valence-electron chi connectivity index (χ4n) is 2.10. The number of nitrogen functional groups attached to an aromatic ring is 1. The number of anilines is 3. The molecule has 0 saturated carbocycles. The summed E-state index contributed by atoms with van der Waals surface area (Å²) in [6.45, 7) is 2.18. The molecule has 0 atom stereocenters. The number of hydrogen-bond donors (Lipinski definition) is 2. The Morgan fingerprint density at radius 2 is 1.95 bits per heavy atom. The van der Waals surface area contributed by atoms with Crippen LogP contribution in [0.2, 0.25) is 0 Å². The molecule has 0 radical (unpaired) electrons. The number of methoxy groups -OCH3 is 1. The predicted molar refractivity (Wildman–Crippen MR) is 81.1 cm³/mol. The first-order chi connectivity index (χ1) is 9.22. The van der Waals surface area contributed by atoms with Crippen molar-refractivity contribution in [2.45, 2.75) is 19.8 Å². The molecule has 0 unspecified atom stereocenters. The standard InChI is InChI=1S/C16H20N2O/c1-3-6-12-7-4-5-8-16(12)18-14-9-13(17)10-15(11-14)19-2/h4-5,7-11,18H,3,6,17H2,1-2H3. The minimum absolute atomic E-state index is 0.690. The highest BCUT2D eigenvalue weighted by atomic mass is 16.5. The first kappa shape index (κ1) is 13.3. The number of para-hydroxylation sites is 1. The van der Waals surface area contributed by atoms with E-state index in [2.05, 4.69) is 30.4 Å². The van der Waals surface area contributed by atoms with Crippen LogP contribution in [0, 0.1) is 0 Å². The summed E-state index contributed by atoms with van der Waals surface area (Å²) in [5, 5.41) is 3.41. The van der Waals surface area contributed by atoms with Crippen LogP contribution in [-0.2, 0) is 6.42 Å². The predicted octanol–water partition coefficient (Wildman–Crippen LogP) is 3.97. The van der Waals surface area contributed by atoms with E-state index in [1.54, 1.807) is 7.11 Å². The normalized spacial score (nSPS) is 10.2. The number of benzene rings is 2. The summed E-state index contributed by atoms with van der Waals surface area (Å²) < 4.78 is 5.23. The van der Waals surface area contributed by atoms with Crippen molar-refractivity contribution in [1.29, 1.82) is 0 Å². The second-order valence-electron chi connectivity index (χ2n) is 4.53. The second-order valence-corrected chi connectivity index (χ2v) is 4.53. The molecule has 0 fully saturated rings. The van der Waals surface area contributed by atoms with E-state index in [0.29, 0.717) is 5.69 Å². The third-order valence-electron chi connectivity index (χ3n) is 2.98. The van der Waals surface area contributed by atoms with Gasteiger partial charge in [0.1, 0.15) is 5.75 Å². The molecule has 0 aliphatic rings. The minimum atomic E-state index is 0.690. The van der Waals surface area contributed by atoms with Crippen molar-refractivity contribution in [3.63, 3.8) is 0 Å². The average Bonchev–Trinajstić information content (AvgIpc) is 2.40. The van der Waals surface area contributed by atoms with Gasteiger partial charge in [0, 0.05) is 29.2 Å². The summed E-state index contributed by atoms with van der Waals surface area (Å²) in [6.07, 6.45) is 2.18. The summed E-state index contributed by atoms with van der Waals surface area (Å²) in [5.74, 6) is 0.760. The van der Waals surface area contributed by atoms with Gasteiger partial charge < -0.3 is 15.8 Å². The lowest BCUT2D eigenvalue weighted by molar-refractivity contribution is 0.415. The van der Waals surface area contributed by atoms with Gasteiger partial charge in [0.2, 0.25) is 0 Å². The molecule has 0 bridgehead atoms. The van der Waals surface area contributed by atoms with E-state index >= 15 is 0 Å². The van der Waals surface area contributed by atoms with Gasteiger partial charge in [-0.2, -0.15) is 0 Å². The van der Waals surface area contributed by atoms with Gasteiger partial charge in [0.05, 0.1) is 7.11 Å². The maximum Gasteiger partial charge on any atom is 0.122 e. The van der Waals surface area contributed by atoms with E-state index in [1.165, 1.54) is 5.56 Å². The lowest BCUT2D eigenvalue weighted by Crippen LogP contribution is -1.97. The van der Waals surface area contributed by atoms with Gasteiger partial charge in [-0.25, -0.2) is 0 Å². The number of nitrogens with two attached hydrogens (primary N) is 1. The van der Waals surface area contributed by atoms with Crippen LogP contribution in [-0.4, -0.2) is 7.11 Å². The molecule has 3 N–H and O–H groups in total. The molecule has 0 amide bonds. The zero-order chi connectivity index (χ0) is 13.7. The summed E-state index contributed by atoms with van der Waals surface area (Å²) >= 11 is 0. The Hall–Kier alpha value is -2.16. The molecule has 3 nitrogen and oxygen atoms in total. The quantitative estimate of drug-likeness (QED) is 0.796. The molecule has 0 saturated heterocycles. The van der Waals surface area contributed by atoms with Gasteiger partial charge in [-0.3, -0.25) is 0 Å². The van der Waals surface area contributed by atoms with Crippen molar-refractivity contribution in [1.82, 2.24) is 0 Å². The van der Waals surface area contributed by atoms with Crippen LogP contribution in [0.15, 0.2) is 42.5 Å². The Morgan fingerprint density at radius 1 is 1.16 bits per heavy atom. The maximum atomic E-state index is 5.87. The first-order valence-electron chi connectivity index (χ1n) is 6.52. The van der Waals surface area contributed by atoms with Crippen LogP contribution in [0.5, 0.6) is 5.75 Å². The highest BCUT2D eigenvalue weighted by Crippen LogP contribution is 2.27. The summed E-state index contributed by atoms with van der Waals surface area (Å²) in [5.41, 5.74) is 9.93. The molecular weight excluding hydrogens is 236 g/mol. The fourth-order valence-corrected chi connectivity index (χ4v) is 2.10. The smallest absolute Gasteiger partial charge is 0.122 e. The molecule has 0 aromatic heterocycles. The lowest BCUT2D eigenvalue weighted by Gasteiger charge is -2.13. The molecule has 2 aromatic carbocycles. The Morgan fingerprint density at radius 3 is 2.68 bits per heavy atom. The molecule has 0 spiro atoms. The van der Waals surface area contributed by atoms with Crippen molar-refractivity contribution >= 4 is 17.1 Å². The zero-order valence-corrected chi connectivity index (χ0v) is 11.4. The van der Waals surface area contributed by atoms with Crippen LogP contribution in [0.1, 0.15) is 18.9 Å². The second kappa shape index (κ2) is 6.14. The molecule has 0 aliphatic carbocycles. The number of aryl methyl sites for hydroxylation is 1. The number of nitrogens with one attached hydrogen (secondary N) is 1. The Labute approximate surface area is 114 Å². The van der Waals surface area contributed by atoms with Gasteiger partial charge in [-0.1, -0.05) is 31.5 Å². The van der Waals surface area contributed by atoms with E-state index in [1.807, 2.05) is 24.3 Å². The summed E-state index contributed by atoms with van der Waals surface area (Å²) in [6, 6.07) is 14.0. The molecule has 100 valence electrons. The van der Waals surface area contributed by atoms with E-state index in [4.69, 9.17) is 10.5 Å². The number of ether oxygens (including phenoxy) is 1. The van der Waals surface area contributed by atoms with Crippen molar-refractivity contribution in [2.75, 3.05) is 18.2 Å². The first-order valence-corrected chi connectivity index (χ1v) is 6.52. The van der Waals surface area contributed by atoms with E-state index in [-0.39, 0.29) is 0 Å². The van der Waals surface area contributed by atoms with Gasteiger partial charge in [-0.05, 0) is 24.1 Å². The maximum absolute atomic E-state index is 5.87. The van der Waals surface area contributed by atoms with Gasteiger partial charge in [0.15, 0.2) is 0 Å². The topological polar surface area (TPSA) is 47.3 Å². The van der Waals surface area contributed by atoms with Crippen LogP contribution < -0.4 is 15.8 Å². The zero-order valence-electron chi connectivity index (χ0n) is 11.4. The van der Waals surface area contributed by atoms with E-state index in [9.17, 15) is 0 Å². The summed E-state index contributed by atoms with van der Waals surface area (Å²) in [4.78, 5) is 0. The molecule has 3 heteroatoms. The molecule has 19 heavy (non-hydrogen) atoms. The van der Waals surface area contributed by atoms with E-state index < -0.39 is 0 Å². The lowest BCUT2D eigenvalue weighted by atomic mass is 10.1. The Kier molecular flexibility index (Phi) is 4.29. The highest BCUT2D eigenvalue weighted by Gasteiger charge is 2.03. The third-order valence-corrected chi connectivity index (χ3v) is 2.98. The van der Waals surface area contributed by atoms with E-state index in [0.717, 1.165) is 30.0 Å². The van der Waals surface area contributed by atoms with Crippen LogP contribution in [0.25, 0.3) is 0 Å². The number of hydrogen-bond acceptors (Lipinski definition) is 3. The molecular formula is C16H20N2O. The highest BCUT2D eigenvalue weighted by molar-refractivity contribution is 5.68. The van der Waals surface area contributed by atoms with Gasteiger partial charge in [-0.15, -0.1) is 0 Å². The number of rotatable bonds is 5. The minimum Gasteiger partial charge on any atom is -0.497 e. The largest absolute Gasteiger partial charge is 0.497 e. The average molecular weight is 256 g/mol. The Bertz CT molecular complexity index is 552. The fraction of sp³-hybridized carbons (Fsp3) is 0.250. The molecule has 0 aliphatic heterocycles. The van der Waals surface area contributed by atoms with Crippen LogP contribution >= 0.6 is 0 Å². The molecule has 2 aromatic rings. The van der Waals surface area contributed by atoms with Gasteiger partial charge in [0.25, 0.3) is 0 Å². The van der Waals surface area contributed by atoms with Gasteiger partial charge >= 0.3 is 0 Å². The van der Waals surface area contributed by atoms with Crippen LogP contribution in [0.4, 0.5) is 17.1 Å². The molecule has 2 rings (SSSR count). The van der Waals surface area contributed by atoms with Crippen molar-refractivity contribution in [3.8, 4) is 5.75 Å². The van der Waals surface area contributed by atoms with Crippen molar-refractivity contribution in [2.24, 2.45) is 0 Å². The Balaban J connectivity index is 2.28. The third kappa shape index (κ3) is 3.41. The summed E-state index contributed by atoms with van der Waals surface area (Å²) in [7, 11) is 1.64. The van der Waals surface area contributed by atoms with Crippen molar-refractivity contribution < 1.29 is 4.74 Å². The van der Waals surface area contributed by atoms with Crippen LogP contribution in [0.3, 0.4) is 0 Å². The monoisotopic (exact) mass is 256 g/mol. The SMILES string of the molecule is CCCc1ccccc1Nc1cc(N)cc(OC)c1. The van der Waals surface area contributed by atoms with Crippen molar-refractivity contribution in [3.05, 3.63) is 48.0 Å². The molecule has 0 heterocycles.